The van der Waals surface area contributed by atoms with Gasteiger partial charge in [-0.2, -0.15) is 0 Å². The van der Waals surface area contributed by atoms with Gasteiger partial charge >= 0.3 is 0 Å². The number of aromatic nitrogens is 4. The van der Waals surface area contributed by atoms with E-state index in [0.29, 0.717) is 24.4 Å². The minimum Gasteiger partial charge on any atom is -0.497 e. The smallest absolute Gasteiger partial charge is 0.255 e. The first-order valence-electron chi connectivity index (χ1n) is 12.0. The molecule has 0 spiro atoms. The molecular formula is C27H29N5O3. The van der Waals surface area contributed by atoms with E-state index in [1.54, 1.807) is 25.7 Å². The van der Waals surface area contributed by atoms with E-state index in [1.807, 2.05) is 52.1 Å². The SMILES string of the molecule is CCc1nccn1-c1ccc(C(=O)N2CCC[C@@H](c3ncc(Cc4ccc(OC)cc4)o3)C2)cn1. The molecule has 4 aromatic rings. The molecule has 1 atom stereocenters. The molecule has 0 N–H and O–H groups in total. The summed E-state index contributed by atoms with van der Waals surface area (Å²) in [6.07, 6.45) is 10.4. The standard InChI is InChI=1S/C27H29N5O3/c1-3-24-28-12-14-32(24)25-11-8-20(16-29-25)27(33)31-13-4-5-21(18-31)26-30-17-23(35-26)15-19-6-9-22(34-2)10-7-19/h6-12,14,16-17,21H,3-5,13,15,18H2,1-2H3/t21-/m1/s1. The van der Waals surface area contributed by atoms with Crippen LogP contribution in [0.1, 0.15) is 59.1 Å². The predicted octanol–water partition coefficient (Wildman–Crippen LogP) is 4.44. The van der Waals surface area contributed by atoms with E-state index in [1.165, 1.54) is 0 Å². The van der Waals surface area contributed by atoms with E-state index in [2.05, 4.69) is 21.9 Å². The van der Waals surface area contributed by atoms with Crippen molar-refractivity contribution in [1.29, 1.82) is 0 Å². The van der Waals surface area contributed by atoms with Crippen LogP contribution in [0.2, 0.25) is 0 Å². The maximum Gasteiger partial charge on any atom is 0.255 e. The Bertz CT molecular complexity index is 1280. The lowest BCUT2D eigenvalue weighted by Crippen LogP contribution is -2.39. The number of nitrogens with zero attached hydrogens (tertiary/aromatic N) is 5. The second-order valence-corrected chi connectivity index (χ2v) is 8.75. The molecule has 1 aromatic carbocycles. The molecule has 1 amide bonds. The number of ether oxygens (including phenoxy) is 1. The average molecular weight is 472 g/mol. The fourth-order valence-electron chi connectivity index (χ4n) is 4.54. The average Bonchev–Trinajstić information content (AvgIpc) is 3.59. The molecule has 0 aliphatic carbocycles. The number of aryl methyl sites for hydroxylation is 1. The molecule has 1 saturated heterocycles. The van der Waals surface area contributed by atoms with Crippen LogP contribution in [0.4, 0.5) is 0 Å². The molecule has 8 nitrogen and oxygen atoms in total. The Hall–Kier alpha value is -3.94. The predicted molar refractivity (Wildman–Crippen MR) is 131 cm³/mol. The van der Waals surface area contributed by atoms with Gasteiger partial charge in [0.05, 0.1) is 24.8 Å². The normalized spacial score (nSPS) is 15.8. The first kappa shape index (κ1) is 22.8. The molecule has 180 valence electrons. The lowest BCUT2D eigenvalue weighted by Gasteiger charge is -2.31. The lowest BCUT2D eigenvalue weighted by molar-refractivity contribution is 0.0697. The number of carbonyl (C=O) groups excluding carboxylic acids is 1. The van der Waals surface area contributed by atoms with Crippen molar-refractivity contribution in [3.63, 3.8) is 0 Å². The quantitative estimate of drug-likeness (QED) is 0.396. The van der Waals surface area contributed by atoms with Crippen LogP contribution in [0, 0.1) is 0 Å². The highest BCUT2D eigenvalue weighted by Crippen LogP contribution is 2.28. The summed E-state index contributed by atoms with van der Waals surface area (Å²) in [6.45, 7) is 3.36. The van der Waals surface area contributed by atoms with Crippen LogP contribution < -0.4 is 4.74 Å². The third-order valence-corrected chi connectivity index (χ3v) is 6.44. The summed E-state index contributed by atoms with van der Waals surface area (Å²) in [5.41, 5.74) is 1.71. The zero-order chi connectivity index (χ0) is 24.2. The molecule has 0 saturated carbocycles. The number of hydrogen-bond acceptors (Lipinski definition) is 6. The van der Waals surface area contributed by atoms with Gasteiger partial charge in [-0.3, -0.25) is 9.36 Å². The van der Waals surface area contributed by atoms with E-state index < -0.39 is 0 Å². The zero-order valence-corrected chi connectivity index (χ0v) is 20.1. The van der Waals surface area contributed by atoms with Crippen molar-refractivity contribution in [3.8, 4) is 11.6 Å². The first-order valence-corrected chi connectivity index (χ1v) is 12.0. The number of pyridine rings is 1. The van der Waals surface area contributed by atoms with E-state index >= 15 is 0 Å². The summed E-state index contributed by atoms with van der Waals surface area (Å²) in [7, 11) is 1.66. The first-order chi connectivity index (χ1) is 17.1. The molecule has 0 radical (unpaired) electrons. The van der Waals surface area contributed by atoms with Crippen molar-refractivity contribution < 1.29 is 13.9 Å². The lowest BCUT2D eigenvalue weighted by atomic mass is 9.97. The summed E-state index contributed by atoms with van der Waals surface area (Å²) in [6, 6.07) is 11.6. The number of methoxy groups -OCH3 is 1. The Kier molecular flexibility index (Phi) is 6.61. The number of likely N-dealkylation sites (tertiary alicyclic amines) is 1. The Balaban J connectivity index is 1.24. The van der Waals surface area contributed by atoms with Gasteiger partial charge in [-0.1, -0.05) is 19.1 Å². The van der Waals surface area contributed by atoms with E-state index in [0.717, 1.165) is 54.5 Å². The summed E-state index contributed by atoms with van der Waals surface area (Å²) < 4.78 is 13.3. The van der Waals surface area contributed by atoms with Crippen molar-refractivity contribution >= 4 is 5.91 Å². The maximum atomic E-state index is 13.2. The molecule has 4 heterocycles. The van der Waals surface area contributed by atoms with Gasteiger partial charge in [0.15, 0.2) is 5.89 Å². The van der Waals surface area contributed by atoms with E-state index in [-0.39, 0.29) is 11.8 Å². The number of piperidine rings is 1. The van der Waals surface area contributed by atoms with E-state index in [9.17, 15) is 4.79 Å². The fourth-order valence-corrected chi connectivity index (χ4v) is 4.54. The van der Waals surface area contributed by atoms with Crippen molar-refractivity contribution in [2.75, 3.05) is 20.2 Å². The highest BCUT2D eigenvalue weighted by molar-refractivity contribution is 5.94. The molecule has 35 heavy (non-hydrogen) atoms. The summed E-state index contributed by atoms with van der Waals surface area (Å²) in [4.78, 5) is 28.5. The number of amides is 1. The molecular weight excluding hydrogens is 442 g/mol. The number of benzene rings is 1. The molecule has 1 aliphatic heterocycles. The third-order valence-electron chi connectivity index (χ3n) is 6.44. The van der Waals surface area contributed by atoms with Gasteiger partial charge in [0.1, 0.15) is 23.2 Å². The minimum absolute atomic E-state index is 0.0138. The summed E-state index contributed by atoms with van der Waals surface area (Å²) in [5, 5.41) is 0. The highest BCUT2D eigenvalue weighted by atomic mass is 16.5. The second-order valence-electron chi connectivity index (χ2n) is 8.75. The van der Waals surface area contributed by atoms with Crippen molar-refractivity contribution in [1.82, 2.24) is 24.4 Å². The maximum absolute atomic E-state index is 13.2. The molecule has 5 rings (SSSR count). The minimum atomic E-state index is -0.0138. The summed E-state index contributed by atoms with van der Waals surface area (Å²) in [5.74, 6) is 4.12. The van der Waals surface area contributed by atoms with Crippen LogP contribution in [-0.4, -0.2) is 50.5 Å². The zero-order valence-electron chi connectivity index (χ0n) is 20.1. The van der Waals surface area contributed by atoms with Crippen molar-refractivity contribution in [2.24, 2.45) is 0 Å². The summed E-state index contributed by atoms with van der Waals surface area (Å²) >= 11 is 0. The number of hydrogen-bond donors (Lipinski definition) is 0. The molecule has 8 heteroatoms. The van der Waals surface area contributed by atoms with Gasteiger partial charge < -0.3 is 14.1 Å². The Labute approximate surface area is 204 Å². The van der Waals surface area contributed by atoms with Crippen LogP contribution in [0.5, 0.6) is 5.75 Å². The number of carbonyl (C=O) groups is 1. The van der Waals surface area contributed by atoms with Crippen molar-refractivity contribution in [2.45, 2.75) is 38.5 Å². The molecule has 0 unspecified atom stereocenters. The number of imidazole rings is 1. The molecule has 3 aromatic heterocycles. The number of rotatable bonds is 7. The second kappa shape index (κ2) is 10.1. The third kappa shape index (κ3) is 4.96. The monoisotopic (exact) mass is 471 g/mol. The van der Waals surface area contributed by atoms with Gasteiger partial charge in [0.2, 0.25) is 0 Å². The fraction of sp³-hybridized carbons (Fsp3) is 0.333. The van der Waals surface area contributed by atoms with Gasteiger partial charge in [-0.25, -0.2) is 15.0 Å². The van der Waals surface area contributed by atoms with Gasteiger partial charge in [-0.15, -0.1) is 0 Å². The van der Waals surface area contributed by atoms with Crippen LogP contribution in [0.3, 0.4) is 0 Å². The van der Waals surface area contributed by atoms with Gasteiger partial charge in [0.25, 0.3) is 5.91 Å². The van der Waals surface area contributed by atoms with Crippen LogP contribution in [-0.2, 0) is 12.8 Å². The highest BCUT2D eigenvalue weighted by Gasteiger charge is 2.28. The van der Waals surface area contributed by atoms with Crippen LogP contribution in [0.15, 0.2) is 65.6 Å². The van der Waals surface area contributed by atoms with Crippen LogP contribution in [0.25, 0.3) is 5.82 Å². The molecule has 1 fully saturated rings. The topological polar surface area (TPSA) is 86.3 Å². The van der Waals surface area contributed by atoms with E-state index in [4.69, 9.17) is 9.15 Å². The Morgan fingerprint density at radius 2 is 1.97 bits per heavy atom. The molecule has 0 bridgehead atoms. The Morgan fingerprint density at radius 3 is 2.71 bits per heavy atom. The van der Waals surface area contributed by atoms with Gasteiger partial charge in [-0.05, 0) is 42.7 Å². The van der Waals surface area contributed by atoms with Gasteiger partial charge in [0, 0.05) is 44.5 Å². The molecule has 1 aliphatic rings. The number of oxazole rings is 1. The largest absolute Gasteiger partial charge is 0.497 e. The Morgan fingerprint density at radius 1 is 1.11 bits per heavy atom. The van der Waals surface area contributed by atoms with Crippen LogP contribution >= 0.6 is 0 Å². The van der Waals surface area contributed by atoms with Crippen molar-refractivity contribution in [3.05, 3.63) is 89.8 Å².